The lowest BCUT2D eigenvalue weighted by atomic mass is 10.1. The summed E-state index contributed by atoms with van der Waals surface area (Å²) in [5.74, 6) is 0.785. The van der Waals surface area contributed by atoms with Gasteiger partial charge in [-0.1, -0.05) is 44.2 Å². The smallest absolute Gasteiger partial charge is 0.193 e. The second kappa shape index (κ2) is 7.17. The maximum absolute atomic E-state index is 5.89. The van der Waals surface area contributed by atoms with E-state index in [1.165, 1.54) is 5.56 Å². The Morgan fingerprint density at radius 1 is 1.29 bits per heavy atom. The van der Waals surface area contributed by atoms with Gasteiger partial charge in [0.05, 0.1) is 6.54 Å². The first kappa shape index (κ1) is 15.4. The molecule has 0 saturated carbocycles. The van der Waals surface area contributed by atoms with Crippen LogP contribution in [0.15, 0.2) is 29.3 Å². The molecule has 0 aliphatic heterocycles. The van der Waals surface area contributed by atoms with Gasteiger partial charge in [0, 0.05) is 11.6 Å². The Morgan fingerprint density at radius 2 is 2.00 bits per heavy atom. The summed E-state index contributed by atoms with van der Waals surface area (Å²) in [4.78, 5) is 4.30. The number of aryl methyl sites for hydroxylation is 1. The molecule has 0 saturated heterocycles. The first-order chi connectivity index (χ1) is 10.1. The average Bonchev–Trinajstić information content (AvgIpc) is 2.95. The molecule has 112 valence electrons. The van der Waals surface area contributed by atoms with E-state index in [-0.39, 0.29) is 0 Å². The number of rotatable bonds is 5. The van der Waals surface area contributed by atoms with Crippen LogP contribution in [0.4, 0.5) is 5.69 Å². The van der Waals surface area contributed by atoms with Gasteiger partial charge in [-0.05, 0) is 24.1 Å². The summed E-state index contributed by atoms with van der Waals surface area (Å²) in [5.41, 5.74) is 8.12. The third-order valence-corrected chi connectivity index (χ3v) is 4.20. The van der Waals surface area contributed by atoms with Crippen LogP contribution >= 0.6 is 11.3 Å². The molecule has 3 N–H and O–H groups in total. The molecule has 0 fully saturated rings. The van der Waals surface area contributed by atoms with E-state index in [0.717, 1.165) is 22.1 Å². The first-order valence-corrected chi connectivity index (χ1v) is 7.88. The number of aliphatic imine (C=N–C) groups is 1. The molecule has 0 bridgehead atoms. The van der Waals surface area contributed by atoms with Gasteiger partial charge >= 0.3 is 0 Å². The highest BCUT2D eigenvalue weighted by molar-refractivity contribution is 7.11. The molecule has 21 heavy (non-hydrogen) atoms. The van der Waals surface area contributed by atoms with E-state index >= 15 is 0 Å². The molecule has 0 amide bonds. The first-order valence-electron chi connectivity index (χ1n) is 7.06. The molecule has 1 aromatic heterocycles. The van der Waals surface area contributed by atoms with Crippen molar-refractivity contribution in [2.75, 3.05) is 5.32 Å². The molecule has 0 aliphatic rings. The van der Waals surface area contributed by atoms with Crippen LogP contribution in [0.25, 0.3) is 0 Å². The van der Waals surface area contributed by atoms with E-state index in [1.807, 2.05) is 12.1 Å². The van der Waals surface area contributed by atoms with Crippen LogP contribution in [0.3, 0.4) is 0 Å². The van der Waals surface area contributed by atoms with Crippen molar-refractivity contribution in [2.24, 2.45) is 10.7 Å². The lowest BCUT2D eigenvalue weighted by Crippen LogP contribution is -2.22. The monoisotopic (exact) mass is 303 g/mol. The number of nitrogens with one attached hydrogen (secondary N) is 1. The predicted octanol–water partition coefficient (Wildman–Crippen LogP) is 3.15. The summed E-state index contributed by atoms with van der Waals surface area (Å²) >= 11 is 1.58. The van der Waals surface area contributed by atoms with E-state index < -0.39 is 0 Å². The normalized spacial score (nSPS) is 11.9. The zero-order chi connectivity index (χ0) is 15.2. The summed E-state index contributed by atoms with van der Waals surface area (Å²) in [6, 6.07) is 8.16. The minimum Gasteiger partial charge on any atom is -0.370 e. The topological polar surface area (TPSA) is 76.2 Å². The van der Waals surface area contributed by atoms with E-state index in [9.17, 15) is 0 Å². The highest BCUT2D eigenvalue weighted by atomic mass is 32.1. The highest BCUT2D eigenvalue weighted by Gasteiger charge is 2.07. The number of benzene rings is 1. The summed E-state index contributed by atoms with van der Waals surface area (Å²) in [7, 11) is 0. The van der Waals surface area contributed by atoms with E-state index in [1.54, 1.807) is 11.3 Å². The summed E-state index contributed by atoms with van der Waals surface area (Å²) in [5, 5.41) is 13.2. The van der Waals surface area contributed by atoms with Crippen molar-refractivity contribution < 1.29 is 0 Å². The summed E-state index contributed by atoms with van der Waals surface area (Å²) in [6.45, 7) is 6.79. The molecular weight excluding hydrogens is 282 g/mol. The van der Waals surface area contributed by atoms with Crippen LogP contribution in [0.1, 0.15) is 42.3 Å². The molecule has 0 radical (unpaired) electrons. The molecule has 6 heteroatoms. The Hall–Kier alpha value is -1.95. The number of hydrogen-bond donors (Lipinski definition) is 2. The standard InChI is InChI=1S/C15H21N5S/c1-4-11-5-7-12(8-6-11)18-15(16)17-9-13-19-20-14(21-13)10(2)3/h5-8,10H,4,9H2,1-3H3,(H3,16,17,18). The number of hydrogen-bond acceptors (Lipinski definition) is 4. The number of nitrogens with two attached hydrogens (primary N) is 1. The fourth-order valence-corrected chi connectivity index (χ4v) is 2.50. The molecule has 1 heterocycles. The Balaban J connectivity index is 1.93. The lowest BCUT2D eigenvalue weighted by molar-refractivity contribution is 0.816. The average molecular weight is 303 g/mol. The van der Waals surface area contributed by atoms with Gasteiger partial charge in [-0.25, -0.2) is 4.99 Å². The number of aromatic nitrogens is 2. The number of anilines is 1. The van der Waals surface area contributed by atoms with E-state index in [2.05, 4.69) is 53.4 Å². The molecule has 5 nitrogen and oxygen atoms in total. The minimum absolute atomic E-state index is 0.389. The van der Waals surface area contributed by atoms with Crippen molar-refractivity contribution in [1.82, 2.24) is 10.2 Å². The molecule has 1 aromatic carbocycles. The number of guanidine groups is 1. The maximum atomic E-state index is 5.89. The molecule has 0 spiro atoms. The van der Waals surface area contributed by atoms with Crippen molar-refractivity contribution in [2.45, 2.75) is 39.7 Å². The zero-order valence-electron chi connectivity index (χ0n) is 12.6. The summed E-state index contributed by atoms with van der Waals surface area (Å²) < 4.78 is 0. The zero-order valence-corrected chi connectivity index (χ0v) is 13.4. The van der Waals surface area contributed by atoms with Crippen molar-refractivity contribution in [3.8, 4) is 0 Å². The highest BCUT2D eigenvalue weighted by Crippen LogP contribution is 2.19. The van der Waals surface area contributed by atoms with Gasteiger partial charge in [0.15, 0.2) is 5.96 Å². The molecule has 2 rings (SSSR count). The quantitative estimate of drug-likeness (QED) is 0.657. The summed E-state index contributed by atoms with van der Waals surface area (Å²) in [6.07, 6.45) is 1.03. The Bertz CT molecular complexity index is 601. The molecular formula is C15H21N5S. The minimum atomic E-state index is 0.389. The molecule has 0 unspecified atom stereocenters. The van der Waals surface area contributed by atoms with Gasteiger partial charge in [-0.2, -0.15) is 0 Å². The fraction of sp³-hybridized carbons (Fsp3) is 0.400. The van der Waals surface area contributed by atoms with Crippen LogP contribution in [-0.4, -0.2) is 16.2 Å². The molecule has 0 aliphatic carbocycles. The molecule has 2 aromatic rings. The lowest BCUT2D eigenvalue weighted by Gasteiger charge is -2.05. The Labute approximate surface area is 129 Å². The van der Waals surface area contributed by atoms with Crippen LogP contribution in [0, 0.1) is 0 Å². The van der Waals surface area contributed by atoms with Gasteiger partial charge in [0.1, 0.15) is 10.0 Å². The van der Waals surface area contributed by atoms with Gasteiger partial charge in [-0.3, -0.25) is 0 Å². The second-order valence-corrected chi connectivity index (χ2v) is 6.16. The molecule has 0 atom stereocenters. The maximum Gasteiger partial charge on any atom is 0.193 e. The largest absolute Gasteiger partial charge is 0.370 e. The van der Waals surface area contributed by atoms with Crippen molar-refractivity contribution in [1.29, 1.82) is 0 Å². The van der Waals surface area contributed by atoms with Crippen molar-refractivity contribution >= 4 is 23.0 Å². The Morgan fingerprint density at radius 3 is 2.57 bits per heavy atom. The van der Waals surface area contributed by atoms with E-state index in [0.29, 0.717) is 18.4 Å². The van der Waals surface area contributed by atoms with Crippen LogP contribution in [0.2, 0.25) is 0 Å². The van der Waals surface area contributed by atoms with Gasteiger partial charge < -0.3 is 11.1 Å². The Kier molecular flexibility index (Phi) is 5.27. The number of nitrogens with zero attached hydrogens (tertiary/aromatic N) is 3. The van der Waals surface area contributed by atoms with Crippen molar-refractivity contribution in [3.63, 3.8) is 0 Å². The van der Waals surface area contributed by atoms with Gasteiger partial charge in [0.25, 0.3) is 0 Å². The third-order valence-electron chi connectivity index (χ3n) is 3.00. The van der Waals surface area contributed by atoms with Gasteiger partial charge in [0.2, 0.25) is 0 Å². The van der Waals surface area contributed by atoms with Crippen LogP contribution < -0.4 is 11.1 Å². The van der Waals surface area contributed by atoms with Crippen molar-refractivity contribution in [3.05, 3.63) is 39.8 Å². The van der Waals surface area contributed by atoms with Gasteiger partial charge in [-0.15, -0.1) is 10.2 Å². The predicted molar refractivity (Wildman–Crippen MR) is 88.8 cm³/mol. The third kappa shape index (κ3) is 4.53. The fourth-order valence-electron chi connectivity index (χ4n) is 1.73. The van der Waals surface area contributed by atoms with Crippen LogP contribution in [0.5, 0.6) is 0 Å². The second-order valence-electron chi connectivity index (χ2n) is 5.07. The van der Waals surface area contributed by atoms with E-state index in [4.69, 9.17) is 5.73 Å². The van der Waals surface area contributed by atoms with Crippen LogP contribution in [-0.2, 0) is 13.0 Å². The SMILES string of the molecule is CCc1ccc(NC(N)=NCc2nnc(C(C)C)s2)cc1.